The van der Waals surface area contributed by atoms with Crippen LogP contribution in [0.3, 0.4) is 0 Å². The topological polar surface area (TPSA) is 54.5 Å². The summed E-state index contributed by atoms with van der Waals surface area (Å²) >= 11 is 0. The molecule has 0 saturated carbocycles. The zero-order valence-electron chi connectivity index (χ0n) is 12.4. The van der Waals surface area contributed by atoms with E-state index in [4.69, 9.17) is 0 Å². The summed E-state index contributed by atoms with van der Waals surface area (Å²) in [6.07, 6.45) is 1.59. The highest BCUT2D eigenvalue weighted by atomic mass is 32.2. The molecule has 1 aromatic rings. The number of carbonyl (C=O) groups excluding carboxylic acids is 1. The average Bonchev–Trinajstić information content (AvgIpc) is 2.35. The second kappa shape index (κ2) is 4.88. The van der Waals surface area contributed by atoms with Crippen molar-refractivity contribution in [2.75, 3.05) is 10.8 Å². The molecule has 0 saturated heterocycles. The highest BCUT2D eigenvalue weighted by Crippen LogP contribution is 2.34. The fourth-order valence-electron chi connectivity index (χ4n) is 2.36. The number of rotatable bonds is 2. The first-order valence-electron chi connectivity index (χ1n) is 6.81. The summed E-state index contributed by atoms with van der Waals surface area (Å²) in [5.41, 5.74) is 2.30. The third kappa shape index (κ3) is 2.46. The standard InChI is InChI=1S/C15H21NO3S/c1-11(17)12-7-8-14-13(10-12)6-5-9-16(14)20(18,19)15(2,3)4/h7-8,10H,5-6,9H2,1-4H3. The number of Topliss-reactive ketones (excluding diaryl/α,β-unsaturated/α-hetero) is 1. The number of sulfonamides is 1. The molecule has 0 radical (unpaired) electrons. The second-order valence-electron chi connectivity index (χ2n) is 6.19. The summed E-state index contributed by atoms with van der Waals surface area (Å²) in [6, 6.07) is 5.29. The van der Waals surface area contributed by atoms with Crippen molar-refractivity contribution in [1.82, 2.24) is 0 Å². The molecule has 0 N–H and O–H groups in total. The van der Waals surface area contributed by atoms with E-state index in [1.807, 2.05) is 6.07 Å². The van der Waals surface area contributed by atoms with Crippen LogP contribution < -0.4 is 4.31 Å². The molecular formula is C15H21NO3S. The van der Waals surface area contributed by atoms with Gasteiger partial charge in [-0.05, 0) is 64.3 Å². The van der Waals surface area contributed by atoms with Gasteiger partial charge >= 0.3 is 0 Å². The molecule has 0 aliphatic carbocycles. The number of carbonyl (C=O) groups is 1. The third-order valence-corrected chi connectivity index (χ3v) is 6.13. The molecular weight excluding hydrogens is 274 g/mol. The van der Waals surface area contributed by atoms with Crippen molar-refractivity contribution < 1.29 is 13.2 Å². The Labute approximate surface area is 120 Å². The molecule has 0 amide bonds. The van der Waals surface area contributed by atoms with Gasteiger partial charge in [0.15, 0.2) is 5.78 Å². The lowest BCUT2D eigenvalue weighted by atomic mass is 9.99. The smallest absolute Gasteiger partial charge is 0.240 e. The fourth-order valence-corrected chi connectivity index (χ4v) is 3.83. The van der Waals surface area contributed by atoms with Crippen molar-refractivity contribution in [2.45, 2.75) is 45.3 Å². The summed E-state index contributed by atoms with van der Waals surface area (Å²) in [4.78, 5) is 11.4. The predicted octanol–water partition coefficient (Wildman–Crippen LogP) is 2.77. The molecule has 0 spiro atoms. The lowest BCUT2D eigenvalue weighted by Gasteiger charge is -2.35. The molecule has 5 heteroatoms. The van der Waals surface area contributed by atoms with E-state index in [0.29, 0.717) is 12.1 Å². The number of fused-ring (bicyclic) bond motifs is 1. The normalized spacial score (nSPS) is 15.9. The fraction of sp³-hybridized carbons (Fsp3) is 0.533. The van der Waals surface area contributed by atoms with Gasteiger partial charge in [0.2, 0.25) is 10.0 Å². The van der Waals surface area contributed by atoms with Gasteiger partial charge in [-0.3, -0.25) is 9.10 Å². The first-order chi connectivity index (χ1) is 9.14. The molecule has 4 nitrogen and oxygen atoms in total. The second-order valence-corrected chi connectivity index (χ2v) is 8.81. The van der Waals surface area contributed by atoms with E-state index in [9.17, 15) is 13.2 Å². The molecule has 20 heavy (non-hydrogen) atoms. The van der Waals surface area contributed by atoms with E-state index in [-0.39, 0.29) is 5.78 Å². The zero-order chi connectivity index (χ0) is 15.1. The zero-order valence-corrected chi connectivity index (χ0v) is 13.3. The highest BCUT2D eigenvalue weighted by molar-refractivity contribution is 7.94. The number of hydrogen-bond acceptors (Lipinski definition) is 3. The van der Waals surface area contributed by atoms with E-state index in [1.54, 1.807) is 32.9 Å². The van der Waals surface area contributed by atoms with Crippen LogP contribution >= 0.6 is 0 Å². The Bertz CT molecular complexity index is 642. The Kier molecular flexibility index (Phi) is 3.67. The van der Waals surface area contributed by atoms with E-state index >= 15 is 0 Å². The van der Waals surface area contributed by atoms with Gasteiger partial charge in [-0.1, -0.05) is 0 Å². The van der Waals surface area contributed by atoms with Crippen molar-refractivity contribution >= 4 is 21.5 Å². The molecule has 1 aromatic carbocycles. The van der Waals surface area contributed by atoms with E-state index in [0.717, 1.165) is 24.1 Å². The van der Waals surface area contributed by atoms with Gasteiger partial charge in [0.05, 0.1) is 10.4 Å². The monoisotopic (exact) mass is 295 g/mol. The SMILES string of the molecule is CC(=O)c1ccc2c(c1)CCCN2S(=O)(=O)C(C)(C)C. The van der Waals surface area contributed by atoms with Crippen LogP contribution in [0.25, 0.3) is 0 Å². The summed E-state index contributed by atoms with van der Waals surface area (Å²) < 4.78 is 26.0. The van der Waals surface area contributed by atoms with Gasteiger partial charge in [-0.15, -0.1) is 0 Å². The van der Waals surface area contributed by atoms with E-state index < -0.39 is 14.8 Å². The Balaban J connectivity index is 2.52. The Morgan fingerprint density at radius 2 is 1.90 bits per heavy atom. The molecule has 110 valence electrons. The van der Waals surface area contributed by atoms with Gasteiger partial charge in [-0.2, -0.15) is 0 Å². The number of benzene rings is 1. The lowest BCUT2D eigenvalue weighted by molar-refractivity contribution is 0.101. The molecule has 1 heterocycles. The first-order valence-corrected chi connectivity index (χ1v) is 8.25. The summed E-state index contributed by atoms with van der Waals surface area (Å²) in [7, 11) is -3.40. The molecule has 0 aromatic heterocycles. The maximum Gasteiger partial charge on any atom is 0.240 e. The van der Waals surface area contributed by atoms with Crippen molar-refractivity contribution in [3.63, 3.8) is 0 Å². The van der Waals surface area contributed by atoms with Crippen molar-refractivity contribution in [3.8, 4) is 0 Å². The number of hydrogen-bond donors (Lipinski definition) is 0. The summed E-state index contributed by atoms with van der Waals surface area (Å²) in [5.74, 6) is 0.00334. The van der Waals surface area contributed by atoms with Gasteiger partial charge in [0, 0.05) is 12.1 Å². The molecule has 0 fully saturated rings. The number of anilines is 1. The van der Waals surface area contributed by atoms with Crippen molar-refractivity contribution in [3.05, 3.63) is 29.3 Å². The lowest BCUT2D eigenvalue weighted by Crippen LogP contribution is -2.45. The van der Waals surface area contributed by atoms with E-state index in [2.05, 4.69) is 0 Å². The van der Waals surface area contributed by atoms with Crippen LogP contribution in [-0.4, -0.2) is 25.5 Å². The van der Waals surface area contributed by atoms with Gasteiger partial charge in [0.25, 0.3) is 0 Å². The minimum absolute atomic E-state index is 0.00334. The minimum Gasteiger partial charge on any atom is -0.295 e. The first kappa shape index (κ1) is 15.0. The summed E-state index contributed by atoms with van der Waals surface area (Å²) in [5, 5.41) is 0. The third-order valence-electron chi connectivity index (χ3n) is 3.63. The van der Waals surface area contributed by atoms with Gasteiger partial charge < -0.3 is 0 Å². The molecule has 0 unspecified atom stereocenters. The molecule has 0 bridgehead atoms. The van der Waals surface area contributed by atoms with Crippen LogP contribution in [0.2, 0.25) is 0 Å². The number of aryl methyl sites for hydroxylation is 1. The maximum absolute atomic E-state index is 12.6. The van der Waals surface area contributed by atoms with Gasteiger partial charge in [-0.25, -0.2) is 8.42 Å². The number of nitrogens with zero attached hydrogens (tertiary/aromatic N) is 1. The average molecular weight is 295 g/mol. The van der Waals surface area contributed by atoms with Gasteiger partial charge in [0.1, 0.15) is 0 Å². The van der Waals surface area contributed by atoms with Crippen LogP contribution in [0.15, 0.2) is 18.2 Å². The predicted molar refractivity (Wildman–Crippen MR) is 80.8 cm³/mol. The van der Waals surface area contributed by atoms with Crippen LogP contribution in [0.1, 0.15) is 50.0 Å². The quantitative estimate of drug-likeness (QED) is 0.788. The summed E-state index contributed by atoms with van der Waals surface area (Å²) in [6.45, 7) is 7.15. The Morgan fingerprint density at radius 1 is 1.25 bits per heavy atom. The maximum atomic E-state index is 12.6. The highest BCUT2D eigenvalue weighted by Gasteiger charge is 2.37. The van der Waals surface area contributed by atoms with Crippen LogP contribution in [-0.2, 0) is 16.4 Å². The van der Waals surface area contributed by atoms with Crippen molar-refractivity contribution in [1.29, 1.82) is 0 Å². The van der Waals surface area contributed by atoms with Crippen molar-refractivity contribution in [2.24, 2.45) is 0 Å². The molecule has 1 aliphatic heterocycles. The molecule has 2 rings (SSSR count). The molecule has 0 atom stereocenters. The minimum atomic E-state index is -3.40. The van der Waals surface area contributed by atoms with Crippen LogP contribution in [0.5, 0.6) is 0 Å². The largest absolute Gasteiger partial charge is 0.295 e. The van der Waals surface area contributed by atoms with Crippen LogP contribution in [0.4, 0.5) is 5.69 Å². The Hall–Kier alpha value is -1.36. The molecule has 1 aliphatic rings. The van der Waals surface area contributed by atoms with E-state index in [1.165, 1.54) is 11.2 Å². The van der Waals surface area contributed by atoms with Crippen LogP contribution in [0, 0.1) is 0 Å². The number of ketones is 1. The Morgan fingerprint density at radius 3 is 2.45 bits per heavy atom.